The summed E-state index contributed by atoms with van der Waals surface area (Å²) in [6, 6.07) is 4.11. The summed E-state index contributed by atoms with van der Waals surface area (Å²) in [5.41, 5.74) is 0.495. The summed E-state index contributed by atoms with van der Waals surface area (Å²) < 4.78 is 13.5. The standard InChI is InChI=1S/C12H14ClFINO/c1-2-8(13)5-6-16-12(17)10-4-3-9(14)7-11(10)15/h3-4,7-8H,2,5-6H2,1H3,(H,16,17). The zero-order chi connectivity index (χ0) is 12.8. The molecule has 0 heterocycles. The Balaban J connectivity index is 2.52. The average Bonchev–Trinajstić information content (AvgIpc) is 2.28. The second-order valence-corrected chi connectivity index (χ2v) is 5.45. The Morgan fingerprint density at radius 1 is 1.59 bits per heavy atom. The van der Waals surface area contributed by atoms with Gasteiger partial charge in [-0.2, -0.15) is 0 Å². The maximum Gasteiger partial charge on any atom is 0.252 e. The molecule has 0 spiro atoms. The number of hydrogen-bond donors (Lipinski definition) is 1. The molecule has 0 bridgehead atoms. The Labute approximate surface area is 119 Å². The van der Waals surface area contributed by atoms with Gasteiger partial charge in [-0.1, -0.05) is 6.92 Å². The molecule has 0 saturated carbocycles. The lowest BCUT2D eigenvalue weighted by Gasteiger charge is -2.09. The van der Waals surface area contributed by atoms with Crippen LogP contribution in [-0.4, -0.2) is 17.8 Å². The van der Waals surface area contributed by atoms with E-state index in [0.717, 1.165) is 12.8 Å². The Morgan fingerprint density at radius 3 is 2.88 bits per heavy atom. The first kappa shape index (κ1) is 14.7. The number of benzene rings is 1. The van der Waals surface area contributed by atoms with E-state index in [1.165, 1.54) is 18.2 Å². The fraction of sp³-hybridized carbons (Fsp3) is 0.417. The first-order valence-corrected chi connectivity index (χ1v) is 6.93. The van der Waals surface area contributed by atoms with Crippen LogP contribution >= 0.6 is 34.2 Å². The lowest BCUT2D eigenvalue weighted by molar-refractivity contribution is 0.0952. The van der Waals surface area contributed by atoms with Gasteiger partial charge in [-0.15, -0.1) is 11.6 Å². The van der Waals surface area contributed by atoms with E-state index in [0.29, 0.717) is 15.7 Å². The number of carbonyl (C=O) groups is 1. The summed E-state index contributed by atoms with van der Waals surface area (Å²) in [4.78, 5) is 11.8. The summed E-state index contributed by atoms with van der Waals surface area (Å²) in [5, 5.41) is 2.86. The molecule has 0 aromatic heterocycles. The van der Waals surface area contributed by atoms with Crippen LogP contribution in [0.4, 0.5) is 4.39 Å². The van der Waals surface area contributed by atoms with Crippen molar-refractivity contribution in [3.63, 3.8) is 0 Å². The first-order chi connectivity index (χ1) is 8.04. The molecule has 1 N–H and O–H groups in total. The fourth-order valence-electron chi connectivity index (χ4n) is 1.32. The Kier molecular flexibility index (Phi) is 6.19. The number of amides is 1. The summed E-state index contributed by atoms with van der Waals surface area (Å²) in [6.07, 6.45) is 1.62. The predicted octanol–water partition coefficient (Wildman–Crippen LogP) is 3.57. The van der Waals surface area contributed by atoms with Crippen LogP contribution < -0.4 is 5.32 Å². The van der Waals surface area contributed by atoms with Crippen molar-refractivity contribution < 1.29 is 9.18 Å². The van der Waals surface area contributed by atoms with E-state index in [1.807, 2.05) is 29.5 Å². The van der Waals surface area contributed by atoms with Crippen LogP contribution in [0.5, 0.6) is 0 Å². The van der Waals surface area contributed by atoms with E-state index in [1.54, 1.807) is 0 Å². The second-order valence-electron chi connectivity index (χ2n) is 3.67. The van der Waals surface area contributed by atoms with Gasteiger partial charge in [0.2, 0.25) is 0 Å². The van der Waals surface area contributed by atoms with E-state index < -0.39 is 0 Å². The molecule has 1 amide bonds. The van der Waals surface area contributed by atoms with Crippen molar-refractivity contribution in [1.82, 2.24) is 5.32 Å². The SMILES string of the molecule is CCC(Cl)CCNC(=O)c1ccc(F)cc1I. The minimum absolute atomic E-state index is 0.0857. The highest BCUT2D eigenvalue weighted by molar-refractivity contribution is 14.1. The summed E-state index contributed by atoms with van der Waals surface area (Å²) in [5.74, 6) is -0.521. The summed E-state index contributed by atoms with van der Waals surface area (Å²) >= 11 is 7.89. The molecular formula is C12H14ClFINO. The molecule has 1 unspecified atom stereocenters. The number of hydrogen-bond acceptors (Lipinski definition) is 1. The Morgan fingerprint density at radius 2 is 2.29 bits per heavy atom. The van der Waals surface area contributed by atoms with Crippen molar-refractivity contribution in [2.24, 2.45) is 0 Å². The molecule has 1 aromatic rings. The Hall–Kier alpha value is -0.360. The molecule has 0 radical (unpaired) electrons. The van der Waals surface area contributed by atoms with Crippen molar-refractivity contribution in [2.75, 3.05) is 6.54 Å². The van der Waals surface area contributed by atoms with E-state index in [-0.39, 0.29) is 17.1 Å². The molecular weight excluding hydrogens is 355 g/mol. The second kappa shape index (κ2) is 7.16. The van der Waals surface area contributed by atoms with Crippen molar-refractivity contribution in [1.29, 1.82) is 0 Å². The highest BCUT2D eigenvalue weighted by Gasteiger charge is 2.10. The monoisotopic (exact) mass is 369 g/mol. The van der Waals surface area contributed by atoms with Gasteiger partial charge in [0, 0.05) is 15.5 Å². The molecule has 17 heavy (non-hydrogen) atoms. The van der Waals surface area contributed by atoms with Crippen LogP contribution in [0.25, 0.3) is 0 Å². The van der Waals surface area contributed by atoms with Crippen LogP contribution in [0.1, 0.15) is 30.1 Å². The third kappa shape index (κ3) is 4.79. The van der Waals surface area contributed by atoms with Crippen molar-refractivity contribution in [3.8, 4) is 0 Å². The van der Waals surface area contributed by atoms with Gasteiger partial charge in [0.25, 0.3) is 5.91 Å². The molecule has 0 aliphatic rings. The van der Waals surface area contributed by atoms with Gasteiger partial charge in [0.1, 0.15) is 5.82 Å². The van der Waals surface area contributed by atoms with Crippen molar-refractivity contribution >= 4 is 40.1 Å². The smallest absolute Gasteiger partial charge is 0.252 e. The van der Waals surface area contributed by atoms with E-state index in [4.69, 9.17) is 11.6 Å². The minimum atomic E-state index is -0.335. The lowest BCUT2D eigenvalue weighted by Crippen LogP contribution is -2.26. The number of rotatable bonds is 5. The van der Waals surface area contributed by atoms with E-state index in [2.05, 4.69) is 5.32 Å². The minimum Gasteiger partial charge on any atom is -0.352 e. The van der Waals surface area contributed by atoms with Gasteiger partial charge in [-0.05, 0) is 53.6 Å². The van der Waals surface area contributed by atoms with Gasteiger partial charge >= 0.3 is 0 Å². The molecule has 1 atom stereocenters. The van der Waals surface area contributed by atoms with Crippen LogP contribution in [0.15, 0.2) is 18.2 Å². The van der Waals surface area contributed by atoms with Gasteiger partial charge in [0.15, 0.2) is 0 Å². The van der Waals surface area contributed by atoms with E-state index >= 15 is 0 Å². The van der Waals surface area contributed by atoms with Crippen LogP contribution in [0.3, 0.4) is 0 Å². The molecule has 5 heteroatoms. The number of alkyl halides is 1. The molecule has 1 aromatic carbocycles. The highest BCUT2D eigenvalue weighted by atomic mass is 127. The average molecular weight is 370 g/mol. The zero-order valence-electron chi connectivity index (χ0n) is 9.47. The zero-order valence-corrected chi connectivity index (χ0v) is 12.4. The number of halogens is 3. The highest BCUT2D eigenvalue weighted by Crippen LogP contribution is 2.14. The quantitative estimate of drug-likeness (QED) is 0.624. The largest absolute Gasteiger partial charge is 0.352 e. The molecule has 1 rings (SSSR count). The molecule has 2 nitrogen and oxygen atoms in total. The van der Waals surface area contributed by atoms with Crippen LogP contribution in [-0.2, 0) is 0 Å². The third-order valence-electron chi connectivity index (χ3n) is 2.36. The predicted molar refractivity (Wildman–Crippen MR) is 76.0 cm³/mol. The maximum absolute atomic E-state index is 12.9. The lowest BCUT2D eigenvalue weighted by atomic mass is 10.2. The number of carbonyl (C=O) groups excluding carboxylic acids is 1. The molecule has 0 fully saturated rings. The number of nitrogens with one attached hydrogen (secondary N) is 1. The van der Waals surface area contributed by atoms with Gasteiger partial charge in [-0.3, -0.25) is 4.79 Å². The Bertz CT molecular complexity index is 400. The molecule has 0 saturated heterocycles. The normalized spacial score (nSPS) is 12.2. The molecule has 0 aliphatic carbocycles. The topological polar surface area (TPSA) is 29.1 Å². The van der Waals surface area contributed by atoms with Crippen LogP contribution in [0, 0.1) is 9.39 Å². The third-order valence-corrected chi connectivity index (χ3v) is 3.78. The fourth-order valence-corrected chi connectivity index (χ4v) is 2.15. The van der Waals surface area contributed by atoms with Gasteiger partial charge < -0.3 is 5.32 Å². The van der Waals surface area contributed by atoms with Gasteiger partial charge in [-0.25, -0.2) is 4.39 Å². The van der Waals surface area contributed by atoms with Crippen LogP contribution in [0.2, 0.25) is 0 Å². The van der Waals surface area contributed by atoms with E-state index in [9.17, 15) is 9.18 Å². The van der Waals surface area contributed by atoms with Gasteiger partial charge in [0.05, 0.1) is 5.56 Å². The first-order valence-electron chi connectivity index (χ1n) is 5.42. The maximum atomic E-state index is 12.9. The van der Waals surface area contributed by atoms with Crippen molar-refractivity contribution in [2.45, 2.75) is 25.1 Å². The summed E-state index contributed by atoms with van der Waals surface area (Å²) in [6.45, 7) is 2.54. The molecule has 0 aliphatic heterocycles. The molecule has 94 valence electrons. The summed E-state index contributed by atoms with van der Waals surface area (Å²) in [7, 11) is 0. The van der Waals surface area contributed by atoms with Crippen molar-refractivity contribution in [3.05, 3.63) is 33.1 Å².